The molecule has 7 heteroatoms. The molecule has 3 rings (SSSR count). The Bertz CT molecular complexity index is 1100. The fourth-order valence-corrected chi connectivity index (χ4v) is 6.07. The van der Waals surface area contributed by atoms with Gasteiger partial charge < -0.3 is 13.6 Å². The van der Waals surface area contributed by atoms with Crippen LogP contribution in [0.3, 0.4) is 0 Å². The lowest BCUT2D eigenvalue weighted by Crippen LogP contribution is -2.13. The highest BCUT2D eigenvalue weighted by molar-refractivity contribution is 7.72. The van der Waals surface area contributed by atoms with E-state index in [4.69, 9.17) is 17.9 Å². The van der Waals surface area contributed by atoms with E-state index >= 15 is 0 Å². The minimum atomic E-state index is -1.17. The number of hydrogen-bond acceptors (Lipinski definition) is 4. The highest BCUT2D eigenvalue weighted by Gasteiger charge is 2.20. The van der Waals surface area contributed by atoms with Crippen LogP contribution in [0.25, 0.3) is 0 Å². The highest BCUT2D eigenvalue weighted by Crippen LogP contribution is 2.46. The van der Waals surface area contributed by atoms with Crippen LogP contribution in [0.1, 0.15) is 12.5 Å². The van der Waals surface area contributed by atoms with Gasteiger partial charge in [0.25, 0.3) is 9.03 Å². The summed E-state index contributed by atoms with van der Waals surface area (Å²) in [5.74, 6) is 2.04. The van der Waals surface area contributed by atoms with Crippen molar-refractivity contribution in [3.05, 3.63) is 121 Å². The summed E-state index contributed by atoms with van der Waals surface area (Å²) in [7, 11) is -1.57. The molecule has 3 atom stereocenters. The van der Waals surface area contributed by atoms with Gasteiger partial charge in [0.1, 0.15) is 25.4 Å². The Morgan fingerprint density at radius 2 is 1.67 bits per heavy atom. The van der Waals surface area contributed by atoms with Crippen LogP contribution in [0.2, 0.25) is 0 Å². The number of rotatable bonds is 12. The van der Waals surface area contributed by atoms with Gasteiger partial charge in [0, 0.05) is 10.6 Å². The van der Waals surface area contributed by atoms with Crippen LogP contribution in [0.5, 0.6) is 11.5 Å². The first-order chi connectivity index (χ1) is 16.1. The lowest BCUT2D eigenvalue weighted by molar-refractivity contribution is 0.458. The predicted octanol–water partition coefficient (Wildman–Crippen LogP) is 7.50. The molecule has 0 saturated carbocycles. The van der Waals surface area contributed by atoms with Crippen LogP contribution in [-0.2, 0) is 8.83 Å². The molecule has 4 nitrogen and oxygen atoms in total. The maximum absolute atomic E-state index is 6.26. The molecular weight excluding hydrogens is 469 g/mol. The first-order valence-electron chi connectivity index (χ1n) is 10.2. The smallest absolute Gasteiger partial charge is 0.275 e. The number of benzene rings is 3. The minimum absolute atomic E-state index is 0.180. The van der Waals surface area contributed by atoms with E-state index in [-0.39, 0.29) is 18.1 Å². The van der Waals surface area contributed by atoms with E-state index in [1.54, 1.807) is 6.08 Å². The monoisotopic (exact) mass is 496 g/mol. The van der Waals surface area contributed by atoms with Gasteiger partial charge in [-0.3, -0.25) is 4.31 Å². The summed E-state index contributed by atoms with van der Waals surface area (Å²) in [5.41, 5.74) is 2.11. The number of hydrogen-bond donors (Lipinski definition) is 0. The molecule has 0 amide bonds. The van der Waals surface area contributed by atoms with Crippen molar-refractivity contribution in [1.82, 2.24) is 0 Å². The van der Waals surface area contributed by atoms with Gasteiger partial charge in [-0.15, -0.1) is 0 Å². The van der Waals surface area contributed by atoms with E-state index in [9.17, 15) is 0 Å². The van der Waals surface area contributed by atoms with Gasteiger partial charge in [0.2, 0.25) is 9.03 Å². The Morgan fingerprint density at radius 1 is 0.909 bits per heavy atom. The molecule has 0 saturated heterocycles. The summed E-state index contributed by atoms with van der Waals surface area (Å²) >= 11 is 0. The van der Waals surface area contributed by atoms with Gasteiger partial charge in [-0.2, -0.15) is 0 Å². The lowest BCUT2D eigenvalue weighted by atomic mass is 10.2. The second kappa shape index (κ2) is 13.3. The molecule has 0 bridgehead atoms. The Hall–Kier alpha value is -2.47. The Kier molecular flexibility index (Phi) is 10.1. The minimum Gasteiger partial charge on any atom is -0.450 e. The van der Waals surface area contributed by atoms with E-state index in [1.165, 1.54) is 0 Å². The highest BCUT2D eigenvalue weighted by atomic mass is 31.2. The van der Waals surface area contributed by atoms with Gasteiger partial charge in [-0.05, 0) is 55.3 Å². The summed E-state index contributed by atoms with van der Waals surface area (Å²) in [6.07, 6.45) is 3.58. The van der Waals surface area contributed by atoms with Gasteiger partial charge >= 0.3 is 0 Å². The van der Waals surface area contributed by atoms with Crippen molar-refractivity contribution in [2.24, 2.45) is 0 Å². The normalized spacial score (nSPS) is 12.7. The number of allylic oxidation sites excluding steroid dienone is 3. The molecule has 3 aromatic rings. The third-order valence-electron chi connectivity index (χ3n) is 4.39. The second-order valence-corrected chi connectivity index (χ2v) is 10.3. The third-order valence-corrected chi connectivity index (χ3v) is 7.96. The van der Waals surface area contributed by atoms with E-state index in [0.717, 1.165) is 33.2 Å². The molecule has 0 aliphatic carbocycles. The number of aryl methyl sites for hydroxylation is 1. The first-order valence-corrected chi connectivity index (χ1v) is 13.1. The SMILES string of the molecule is C=C/C(C)=C\C(=C)OPOP(c1ccccc1)c1ccccc1OPOc1cccc(C)c1. The molecule has 0 heterocycles. The summed E-state index contributed by atoms with van der Waals surface area (Å²) in [6, 6.07) is 25.9. The van der Waals surface area contributed by atoms with Gasteiger partial charge in [0.15, 0.2) is 0 Å². The molecule has 3 aromatic carbocycles. The zero-order valence-corrected chi connectivity index (χ0v) is 21.5. The van der Waals surface area contributed by atoms with Crippen molar-refractivity contribution in [3.8, 4) is 11.5 Å². The van der Waals surface area contributed by atoms with Crippen LogP contribution >= 0.6 is 26.2 Å². The zero-order chi connectivity index (χ0) is 23.5. The van der Waals surface area contributed by atoms with Crippen LogP contribution in [0.4, 0.5) is 0 Å². The van der Waals surface area contributed by atoms with Gasteiger partial charge in [-0.1, -0.05) is 73.8 Å². The summed E-state index contributed by atoms with van der Waals surface area (Å²) in [5, 5.41) is 2.02. The summed E-state index contributed by atoms with van der Waals surface area (Å²) < 4.78 is 23.8. The molecule has 0 aliphatic rings. The molecule has 0 aliphatic heterocycles. The zero-order valence-electron chi connectivity index (χ0n) is 18.7. The van der Waals surface area contributed by atoms with Crippen molar-refractivity contribution in [2.75, 3.05) is 0 Å². The van der Waals surface area contributed by atoms with Crippen LogP contribution in [-0.4, -0.2) is 0 Å². The standard InChI is InChI=1S/C26H27O4P3/c1-5-20(2)18-22(4)27-32-30-33(24-14-7-6-8-15-24)26-17-10-9-16-25(26)29-31-28-23-13-11-12-21(3)19-23/h5-19,31-32H,1,4H2,2-3H3/b20-18-. The van der Waals surface area contributed by atoms with Gasteiger partial charge in [0.05, 0.1) is 0 Å². The van der Waals surface area contributed by atoms with Crippen LogP contribution < -0.4 is 19.7 Å². The quantitative estimate of drug-likeness (QED) is 0.148. The summed E-state index contributed by atoms with van der Waals surface area (Å²) in [6.45, 7) is 11.6. The molecule has 33 heavy (non-hydrogen) atoms. The van der Waals surface area contributed by atoms with E-state index < -0.39 is 8.15 Å². The maximum Gasteiger partial charge on any atom is 0.275 e. The van der Waals surface area contributed by atoms with Crippen molar-refractivity contribution >= 4 is 36.8 Å². The fraction of sp³-hybridized carbons (Fsp3) is 0.0769. The van der Waals surface area contributed by atoms with Gasteiger partial charge in [-0.25, -0.2) is 0 Å². The van der Waals surface area contributed by atoms with Crippen molar-refractivity contribution in [3.63, 3.8) is 0 Å². The van der Waals surface area contributed by atoms with Crippen LogP contribution in [0, 0.1) is 6.92 Å². The number of para-hydroxylation sites is 1. The molecular formula is C26H27O4P3. The second-order valence-electron chi connectivity index (χ2n) is 7.04. The van der Waals surface area contributed by atoms with E-state index in [2.05, 4.69) is 25.3 Å². The molecule has 170 valence electrons. The molecule has 0 spiro atoms. The molecule has 0 fully saturated rings. The largest absolute Gasteiger partial charge is 0.450 e. The molecule has 0 N–H and O–H groups in total. The van der Waals surface area contributed by atoms with Crippen molar-refractivity contribution in [1.29, 1.82) is 0 Å². The Balaban J connectivity index is 1.73. The Labute approximate surface area is 201 Å². The third kappa shape index (κ3) is 8.11. The van der Waals surface area contributed by atoms with Crippen molar-refractivity contribution < 1.29 is 17.9 Å². The van der Waals surface area contributed by atoms with E-state index in [1.807, 2.05) is 86.7 Å². The summed E-state index contributed by atoms with van der Waals surface area (Å²) in [4.78, 5) is 0. The molecule has 0 radical (unpaired) electrons. The average Bonchev–Trinajstić information content (AvgIpc) is 2.83. The molecule has 0 aromatic heterocycles. The van der Waals surface area contributed by atoms with E-state index in [0.29, 0.717) is 5.76 Å². The Morgan fingerprint density at radius 3 is 2.42 bits per heavy atom. The van der Waals surface area contributed by atoms with Crippen LogP contribution in [0.15, 0.2) is 116 Å². The maximum atomic E-state index is 6.26. The first kappa shape index (κ1) is 25.2. The topological polar surface area (TPSA) is 36.9 Å². The lowest BCUT2D eigenvalue weighted by Gasteiger charge is -2.20. The predicted molar refractivity (Wildman–Crippen MR) is 143 cm³/mol. The average molecular weight is 496 g/mol. The molecule has 3 unspecified atom stereocenters. The fourth-order valence-electron chi connectivity index (χ4n) is 2.76. The van der Waals surface area contributed by atoms with Crippen molar-refractivity contribution in [2.45, 2.75) is 13.8 Å².